The molecule has 0 bridgehead atoms. The summed E-state index contributed by atoms with van der Waals surface area (Å²) in [5.41, 5.74) is 1.28. The topological polar surface area (TPSA) is 93.7 Å². The minimum absolute atomic E-state index is 0.0345. The lowest BCUT2D eigenvalue weighted by atomic mass is 9.97. The molecule has 0 aliphatic carbocycles. The van der Waals surface area contributed by atoms with E-state index in [1.807, 2.05) is 18.2 Å². The Balaban J connectivity index is 1.72. The van der Waals surface area contributed by atoms with E-state index in [-0.39, 0.29) is 30.9 Å². The molecule has 2 heterocycles. The van der Waals surface area contributed by atoms with Crippen LogP contribution in [0.1, 0.15) is 25.3 Å². The van der Waals surface area contributed by atoms with E-state index in [1.165, 1.54) is 6.08 Å². The third-order valence-corrected chi connectivity index (χ3v) is 5.24. The van der Waals surface area contributed by atoms with Gasteiger partial charge in [0.15, 0.2) is 0 Å². The molecule has 0 saturated carbocycles. The zero-order valence-corrected chi connectivity index (χ0v) is 17.7. The Morgan fingerprint density at radius 3 is 3.00 bits per heavy atom. The summed E-state index contributed by atoms with van der Waals surface area (Å²) in [5.74, 6) is -0.312. The standard InChI is InChI=1S/C21H23BrN2O5/c1-2-28-19(25)6-4-17(11-13-7-8-23-20(13)26)24-21(27)15-9-14-10-16(22)3-5-18(14)29-12-15/h3-6,9-10,13,17H,2,7-8,11-12H2,1H3,(H,23,26)(H,24,27)/b6-4+/t13-,17?/m0/s1. The highest BCUT2D eigenvalue weighted by molar-refractivity contribution is 9.10. The van der Waals surface area contributed by atoms with Crippen molar-refractivity contribution in [2.45, 2.75) is 25.8 Å². The molecule has 8 heteroatoms. The molecular weight excluding hydrogens is 440 g/mol. The predicted molar refractivity (Wildman–Crippen MR) is 111 cm³/mol. The molecule has 2 aliphatic heterocycles. The monoisotopic (exact) mass is 462 g/mol. The molecule has 0 spiro atoms. The van der Waals surface area contributed by atoms with Gasteiger partial charge in [-0.25, -0.2) is 4.79 Å². The van der Waals surface area contributed by atoms with E-state index in [0.717, 1.165) is 10.0 Å². The van der Waals surface area contributed by atoms with Crippen molar-refractivity contribution in [3.05, 3.63) is 46.0 Å². The second-order valence-electron chi connectivity index (χ2n) is 6.84. The summed E-state index contributed by atoms with van der Waals surface area (Å²) in [6.45, 7) is 2.76. The average Bonchev–Trinajstić information content (AvgIpc) is 3.10. The molecule has 2 aliphatic rings. The van der Waals surface area contributed by atoms with Crippen LogP contribution in [-0.2, 0) is 19.1 Å². The lowest BCUT2D eigenvalue weighted by Gasteiger charge is -2.21. The quantitative estimate of drug-likeness (QED) is 0.479. The lowest BCUT2D eigenvalue weighted by Crippen LogP contribution is -2.38. The number of halogens is 1. The molecule has 1 aromatic rings. The van der Waals surface area contributed by atoms with E-state index in [1.54, 1.807) is 19.1 Å². The van der Waals surface area contributed by atoms with Crippen molar-refractivity contribution in [2.24, 2.45) is 5.92 Å². The highest BCUT2D eigenvalue weighted by atomic mass is 79.9. The number of hydrogen-bond donors (Lipinski definition) is 2. The molecule has 0 radical (unpaired) electrons. The Morgan fingerprint density at radius 2 is 2.28 bits per heavy atom. The molecule has 29 heavy (non-hydrogen) atoms. The lowest BCUT2D eigenvalue weighted by molar-refractivity contribution is -0.137. The minimum atomic E-state index is -0.485. The number of amides is 2. The van der Waals surface area contributed by atoms with Crippen molar-refractivity contribution < 1.29 is 23.9 Å². The number of hydrogen-bond acceptors (Lipinski definition) is 5. The zero-order valence-electron chi connectivity index (χ0n) is 16.1. The molecule has 0 aromatic heterocycles. The molecule has 1 unspecified atom stereocenters. The summed E-state index contributed by atoms with van der Waals surface area (Å²) in [6.07, 6.45) is 5.76. The van der Waals surface area contributed by atoms with Gasteiger partial charge in [-0.1, -0.05) is 22.0 Å². The molecule has 2 atom stereocenters. The number of benzene rings is 1. The van der Waals surface area contributed by atoms with Crippen LogP contribution in [0.2, 0.25) is 0 Å². The maximum Gasteiger partial charge on any atom is 0.330 e. The molecular formula is C21H23BrN2O5. The Kier molecular flexibility index (Phi) is 7.09. The smallest absolute Gasteiger partial charge is 0.330 e. The van der Waals surface area contributed by atoms with Gasteiger partial charge in [0.1, 0.15) is 12.4 Å². The SMILES string of the molecule is CCOC(=O)/C=C/C(C[C@@H]1CCNC1=O)NC(=O)C1=Cc2cc(Br)ccc2OC1. The van der Waals surface area contributed by atoms with Gasteiger partial charge < -0.3 is 20.1 Å². The van der Waals surface area contributed by atoms with Crippen LogP contribution in [0.4, 0.5) is 0 Å². The van der Waals surface area contributed by atoms with Crippen molar-refractivity contribution in [3.8, 4) is 5.75 Å². The highest BCUT2D eigenvalue weighted by Gasteiger charge is 2.28. The fourth-order valence-electron chi connectivity index (χ4n) is 3.29. The van der Waals surface area contributed by atoms with Crippen molar-refractivity contribution >= 4 is 39.8 Å². The van der Waals surface area contributed by atoms with Crippen molar-refractivity contribution in [1.29, 1.82) is 0 Å². The first-order chi connectivity index (χ1) is 14.0. The number of esters is 1. The van der Waals surface area contributed by atoms with Gasteiger partial charge in [-0.15, -0.1) is 0 Å². The summed E-state index contributed by atoms with van der Waals surface area (Å²) in [5, 5.41) is 5.69. The van der Waals surface area contributed by atoms with E-state index in [0.29, 0.717) is 30.7 Å². The Morgan fingerprint density at radius 1 is 1.45 bits per heavy atom. The van der Waals surface area contributed by atoms with Crippen LogP contribution in [0.25, 0.3) is 6.08 Å². The summed E-state index contributed by atoms with van der Waals surface area (Å²) < 4.78 is 11.5. The number of rotatable bonds is 7. The molecule has 1 saturated heterocycles. The Bertz CT molecular complexity index is 865. The van der Waals surface area contributed by atoms with Crippen LogP contribution in [-0.4, -0.2) is 43.6 Å². The number of carbonyl (C=O) groups is 3. The van der Waals surface area contributed by atoms with Gasteiger partial charge in [-0.2, -0.15) is 0 Å². The van der Waals surface area contributed by atoms with Crippen LogP contribution in [0.5, 0.6) is 5.75 Å². The van der Waals surface area contributed by atoms with Crippen LogP contribution in [0.3, 0.4) is 0 Å². The van der Waals surface area contributed by atoms with Gasteiger partial charge >= 0.3 is 5.97 Å². The van der Waals surface area contributed by atoms with E-state index >= 15 is 0 Å². The highest BCUT2D eigenvalue weighted by Crippen LogP contribution is 2.29. The fraction of sp³-hybridized carbons (Fsp3) is 0.381. The van der Waals surface area contributed by atoms with Gasteiger partial charge in [0.05, 0.1) is 12.2 Å². The maximum atomic E-state index is 12.8. The second-order valence-corrected chi connectivity index (χ2v) is 7.76. The first-order valence-electron chi connectivity index (χ1n) is 9.52. The second kappa shape index (κ2) is 9.73. The number of carbonyl (C=O) groups excluding carboxylic acids is 3. The van der Waals surface area contributed by atoms with Crippen LogP contribution in [0.15, 0.2) is 40.4 Å². The summed E-state index contributed by atoms with van der Waals surface area (Å²) in [6, 6.07) is 5.11. The number of ether oxygens (including phenoxy) is 2. The summed E-state index contributed by atoms with van der Waals surface area (Å²) in [7, 11) is 0. The first-order valence-corrected chi connectivity index (χ1v) is 10.3. The predicted octanol–water partition coefficient (Wildman–Crippen LogP) is 2.36. The van der Waals surface area contributed by atoms with Crippen LogP contribution >= 0.6 is 15.9 Å². The summed E-state index contributed by atoms with van der Waals surface area (Å²) >= 11 is 3.41. The van der Waals surface area contributed by atoms with E-state index in [2.05, 4.69) is 26.6 Å². The molecule has 2 N–H and O–H groups in total. The first kappa shape index (κ1) is 21.1. The summed E-state index contributed by atoms with van der Waals surface area (Å²) in [4.78, 5) is 36.4. The van der Waals surface area contributed by atoms with Gasteiger partial charge in [0, 0.05) is 34.6 Å². The number of nitrogens with one attached hydrogen (secondary N) is 2. The molecule has 2 amide bonds. The number of fused-ring (bicyclic) bond motifs is 1. The Labute approximate surface area is 177 Å². The minimum Gasteiger partial charge on any atom is -0.488 e. The molecule has 154 valence electrons. The van der Waals surface area contributed by atoms with Gasteiger partial charge in [0.2, 0.25) is 5.91 Å². The zero-order chi connectivity index (χ0) is 20.8. The molecule has 1 aromatic carbocycles. The normalized spacial score (nSPS) is 19.0. The molecule has 1 fully saturated rings. The van der Waals surface area contributed by atoms with E-state index < -0.39 is 12.0 Å². The van der Waals surface area contributed by atoms with Crippen LogP contribution < -0.4 is 15.4 Å². The van der Waals surface area contributed by atoms with E-state index in [4.69, 9.17) is 9.47 Å². The van der Waals surface area contributed by atoms with Crippen molar-refractivity contribution in [2.75, 3.05) is 19.8 Å². The molecule has 7 nitrogen and oxygen atoms in total. The van der Waals surface area contributed by atoms with Gasteiger partial charge in [-0.05, 0) is 44.0 Å². The maximum absolute atomic E-state index is 12.8. The van der Waals surface area contributed by atoms with Gasteiger partial charge in [0.25, 0.3) is 5.91 Å². The van der Waals surface area contributed by atoms with Gasteiger partial charge in [-0.3, -0.25) is 9.59 Å². The Hall–Kier alpha value is -2.61. The third-order valence-electron chi connectivity index (χ3n) is 4.75. The van der Waals surface area contributed by atoms with Crippen molar-refractivity contribution in [3.63, 3.8) is 0 Å². The average molecular weight is 463 g/mol. The van der Waals surface area contributed by atoms with Crippen LogP contribution in [0, 0.1) is 5.92 Å². The largest absolute Gasteiger partial charge is 0.488 e. The fourth-order valence-corrected chi connectivity index (χ4v) is 3.67. The van der Waals surface area contributed by atoms with Crippen molar-refractivity contribution in [1.82, 2.24) is 10.6 Å². The van der Waals surface area contributed by atoms with E-state index in [9.17, 15) is 14.4 Å². The molecule has 3 rings (SSSR count). The third kappa shape index (κ3) is 5.69.